The van der Waals surface area contributed by atoms with E-state index in [9.17, 15) is 62.3 Å². The molecule has 4 aliphatic rings. The number of rotatable bonds is 46. The Labute approximate surface area is 776 Å². The number of benzene rings is 2. The molecule has 125 heavy (non-hydrogen) atoms. The normalized spacial score (nSPS) is 17.0. The first-order valence-corrected chi connectivity index (χ1v) is 56.4. The van der Waals surface area contributed by atoms with E-state index in [1.165, 1.54) is 28.4 Å². The SMILES string of the molecule is CC(C)CC(=O)[C@H](CCCCN)NC(=O)[C@@H]1CCCN1C(=O)[C@H](/C=C/[C@@H](C)CC(C)C)Cc1ccccc1.COC1=C(OC)C(=O)C(CCCOC(=O)CCCCC[C@H](NC(=O)[C@@H]2CCCN2C(=O)[C@H](/C=C/[C@H](CC(C)C)NC(=O)OC(C)(C)C)Cc2ccccc2)C(=O)NC(C)C)=C(C)C1=O.COC1=C(OC)C(=O)C(CCCOC(=O)Cl)=C(C)C1=O.I[I-]I. The maximum absolute atomic E-state index is 14.4. The summed E-state index contributed by atoms with van der Waals surface area (Å²) in [5.74, 6) is -3.10. The van der Waals surface area contributed by atoms with Crippen LogP contribution in [-0.2, 0) is 98.7 Å². The number of halogens is 4. The number of ketones is 5. The molecule has 27 nitrogen and oxygen atoms in total. The van der Waals surface area contributed by atoms with Gasteiger partial charge in [0.15, 0.2) is 5.78 Å². The molecular weight excluding hydrogens is 1960 g/mol. The predicted molar refractivity (Wildman–Crippen MR) is 496 cm³/mol. The van der Waals surface area contributed by atoms with Gasteiger partial charge in [0.1, 0.15) is 23.7 Å². The van der Waals surface area contributed by atoms with E-state index >= 15 is 0 Å². The minimum atomic E-state index is -0.902. The summed E-state index contributed by atoms with van der Waals surface area (Å²) in [7, 11) is 5.20. The van der Waals surface area contributed by atoms with E-state index in [1.54, 1.807) is 44.4 Å². The van der Waals surface area contributed by atoms with Crippen LogP contribution in [0.25, 0.3) is 0 Å². The molecule has 2 fully saturated rings. The zero-order valence-corrected chi connectivity index (χ0v) is 83.8. The molecule has 6 N–H and O–H groups in total. The van der Waals surface area contributed by atoms with Gasteiger partial charge < -0.3 is 70.0 Å². The molecule has 698 valence electrons. The van der Waals surface area contributed by atoms with Crippen molar-refractivity contribution in [2.24, 2.45) is 41.2 Å². The number of methoxy groups -OCH3 is 4. The number of hydrogen-bond donors (Lipinski definition) is 5. The number of carbonyl (C=O) groups excluding carboxylic acids is 13. The fraction of sp³-hybridized carbons (Fsp3) is 0.606. The van der Waals surface area contributed by atoms with Crippen LogP contribution in [0.1, 0.15) is 230 Å². The molecule has 0 unspecified atom stereocenters. The van der Waals surface area contributed by atoms with Crippen LogP contribution >= 0.6 is 48.8 Å². The van der Waals surface area contributed by atoms with E-state index in [0.29, 0.717) is 151 Å². The molecule has 2 aromatic carbocycles. The second-order valence-corrected chi connectivity index (χ2v) is 50.7. The number of allylic oxidation sites excluding steroid dienone is 5. The Kier molecular flexibility index (Phi) is 53.2. The average molecular weight is 2100 g/mol. The number of unbranched alkanes of at least 4 members (excludes halogenated alkanes) is 3. The molecule has 0 saturated carbocycles. The van der Waals surface area contributed by atoms with Gasteiger partial charge in [-0.3, -0.25) is 52.7 Å². The Balaban J connectivity index is 0.000000552. The van der Waals surface area contributed by atoms with Gasteiger partial charge in [0, 0.05) is 65.9 Å². The van der Waals surface area contributed by atoms with Crippen molar-refractivity contribution in [3.8, 4) is 0 Å². The van der Waals surface area contributed by atoms with Gasteiger partial charge in [0.25, 0.3) is 0 Å². The van der Waals surface area contributed by atoms with Crippen LogP contribution in [0.5, 0.6) is 0 Å². The van der Waals surface area contributed by atoms with Gasteiger partial charge in [-0.1, -0.05) is 146 Å². The van der Waals surface area contributed by atoms with Crippen molar-refractivity contribution in [2.45, 2.75) is 274 Å². The Bertz CT molecular complexity index is 4060. The van der Waals surface area contributed by atoms with E-state index in [-0.39, 0.29) is 126 Å². The predicted octanol–water partition coefficient (Wildman–Crippen LogP) is 12.8. The summed E-state index contributed by atoms with van der Waals surface area (Å²) in [5, 5.41) is 11.8. The Morgan fingerprint density at radius 2 is 0.976 bits per heavy atom. The van der Waals surface area contributed by atoms with Crippen LogP contribution in [0.2, 0.25) is 0 Å². The van der Waals surface area contributed by atoms with Gasteiger partial charge in [0.2, 0.25) is 75.7 Å². The number of likely N-dealkylation sites (tertiary alicyclic amines) is 2. The quantitative estimate of drug-likeness (QED) is 0.00781. The summed E-state index contributed by atoms with van der Waals surface area (Å²) < 4.78 is 35.5. The number of carbonyl (C=O) groups is 13. The summed E-state index contributed by atoms with van der Waals surface area (Å²) >= 11 is 10.3. The summed E-state index contributed by atoms with van der Waals surface area (Å²) in [5.41, 5.74) is 7.35. The molecule has 6 amide bonds. The molecule has 2 aliphatic heterocycles. The Morgan fingerprint density at radius 3 is 1.40 bits per heavy atom. The van der Waals surface area contributed by atoms with Gasteiger partial charge in [-0.25, -0.2) is 9.59 Å². The molecule has 0 aromatic heterocycles. The van der Waals surface area contributed by atoms with Gasteiger partial charge in [-0.2, -0.15) is 0 Å². The van der Waals surface area contributed by atoms with Gasteiger partial charge in [-0.15, -0.1) is 0 Å². The third-order valence-electron chi connectivity index (χ3n) is 20.9. The molecule has 0 bridgehead atoms. The number of nitrogens with two attached hydrogens (primary N) is 1. The van der Waals surface area contributed by atoms with Crippen molar-refractivity contribution in [1.29, 1.82) is 0 Å². The summed E-state index contributed by atoms with van der Waals surface area (Å²) in [6.07, 6.45) is 18.5. The van der Waals surface area contributed by atoms with Crippen LogP contribution in [0.3, 0.4) is 0 Å². The molecule has 0 radical (unpaired) electrons. The van der Waals surface area contributed by atoms with Crippen molar-refractivity contribution in [3.63, 3.8) is 0 Å². The van der Waals surface area contributed by atoms with Crippen LogP contribution in [0, 0.1) is 35.5 Å². The number of Topliss-reactive ketones (excluding diaryl/α,β-unsaturated/α-hetero) is 5. The van der Waals surface area contributed by atoms with E-state index in [0.717, 1.165) is 36.8 Å². The van der Waals surface area contributed by atoms with Gasteiger partial charge in [0.05, 0.1) is 65.6 Å². The molecular formula is C94H138ClI3N7O20-. The van der Waals surface area contributed by atoms with E-state index in [1.807, 2.05) is 101 Å². The van der Waals surface area contributed by atoms with Crippen molar-refractivity contribution in [1.82, 2.24) is 31.1 Å². The number of alkyl carbamates (subject to hydrolysis) is 1. The van der Waals surface area contributed by atoms with Crippen molar-refractivity contribution >= 4 is 125 Å². The van der Waals surface area contributed by atoms with Gasteiger partial charge >= 0.3 is 68.0 Å². The van der Waals surface area contributed by atoms with Crippen LogP contribution in [0.4, 0.5) is 9.59 Å². The first-order chi connectivity index (χ1) is 59.2. The van der Waals surface area contributed by atoms with Gasteiger partial charge in [-0.05, 0) is 199 Å². The molecule has 31 heteroatoms. The number of ether oxygens (including phenoxy) is 7. The molecule has 2 aliphatic carbocycles. The number of hydrogen-bond acceptors (Lipinski definition) is 21. The van der Waals surface area contributed by atoms with Crippen molar-refractivity contribution in [3.05, 3.63) is 141 Å². The number of esters is 1. The number of amides is 6. The van der Waals surface area contributed by atoms with Crippen LogP contribution in [-0.4, -0.2) is 189 Å². The third-order valence-corrected chi connectivity index (χ3v) is 21.0. The zero-order chi connectivity index (χ0) is 93.6. The molecule has 2 aromatic rings. The molecule has 6 rings (SSSR count). The maximum atomic E-state index is 14.4. The van der Waals surface area contributed by atoms with E-state index in [2.05, 4.69) is 110 Å². The third kappa shape index (κ3) is 40.3. The number of nitrogens with zero attached hydrogens (tertiary/aromatic N) is 2. The fourth-order valence-electron chi connectivity index (χ4n) is 15.0. The molecule has 2 saturated heterocycles. The first-order valence-electron chi connectivity index (χ1n) is 43.5. The monoisotopic (exact) mass is 2100 g/mol. The van der Waals surface area contributed by atoms with E-state index < -0.39 is 76.4 Å². The zero-order valence-electron chi connectivity index (χ0n) is 76.5. The standard InChI is InChI=1S/C49H72N4O11.C32H51N3O3.C13H15ClO6.I3/c1-31(2)29-36(51-48(60)64-49(6,7)8)26-25-35(30-34-19-13-11-14-20-34)47(59)53-27-17-23-39(53)46(58)52-38(45(57)50-32(3)4)22-15-12-16-24-40(54)63-28-18-21-37-33(5)41(55)43(61-9)44(62-10)42(37)56;1-23(2)20-25(5)16-17-27(22-26-12-7-6-8-13-26)32(38)35-19-11-15-29(35)31(37)34-28(14-9-10-18-33)30(36)21-24(3)4;1-7-8(5-4-6-20-13(14)17)10(16)12(19-3)11(18-2)9(7)15;1-3-2/h11,13-14,19-20,25-26,31-32,35-36,38-39H,12,15-18,21-24,27-30H2,1-10H3,(H,50,57)(H,51,60)(H,52,58);6-8,12-13,16-17,23-25,27-29H,9-11,14-15,18-22,33H2,1-5H3,(H,34,37);4-6H2,1-3H3;/q;;;-1/b26-25+;17-16+;;/t35-,36-,38+,39+;25-,27-,28+,29+;;/m11../s1. The van der Waals surface area contributed by atoms with E-state index in [4.69, 9.17) is 45.8 Å². The second kappa shape index (κ2) is 59.5. The second-order valence-electron chi connectivity index (χ2n) is 34.2. The number of nitrogens with one attached hydrogen (secondary N) is 4. The molecule has 2 heterocycles. The first kappa shape index (κ1) is 112. The fourth-order valence-corrected chi connectivity index (χ4v) is 15.1. The average Bonchev–Trinajstić information content (AvgIpc) is 1.56. The Morgan fingerprint density at radius 1 is 0.544 bits per heavy atom. The molecule has 0 spiro atoms. The summed E-state index contributed by atoms with van der Waals surface area (Å²) in [4.78, 5) is 171. The van der Waals surface area contributed by atoms with Crippen molar-refractivity contribution in [2.75, 3.05) is 61.3 Å². The van der Waals surface area contributed by atoms with Crippen molar-refractivity contribution < 1.29 is 109 Å². The van der Waals surface area contributed by atoms with Crippen LogP contribution < -0.4 is 40.3 Å². The summed E-state index contributed by atoms with van der Waals surface area (Å²) in [6.45, 7) is 28.6. The minimum absolute atomic E-state index is 0.00677. The van der Waals surface area contributed by atoms with Crippen LogP contribution in [0.15, 0.2) is 130 Å². The topological polar surface area (TPSA) is 367 Å². The molecule has 8 atom stereocenters. The summed E-state index contributed by atoms with van der Waals surface area (Å²) in [6, 6.07) is 16.5. The Hall–Kier alpha value is -7.57.